The van der Waals surface area contributed by atoms with E-state index in [0.29, 0.717) is 27.1 Å². The Balaban J connectivity index is 1.75. The second kappa shape index (κ2) is 8.74. The van der Waals surface area contributed by atoms with Crippen LogP contribution in [-0.2, 0) is 0 Å². The topological polar surface area (TPSA) is 46.9 Å². The van der Waals surface area contributed by atoms with Gasteiger partial charge in [0.2, 0.25) is 0 Å². The number of halogens is 2. The van der Waals surface area contributed by atoms with Gasteiger partial charge < -0.3 is 5.32 Å². The molecule has 1 N–H and O–H groups in total. The first kappa shape index (κ1) is 20.2. The van der Waals surface area contributed by atoms with Crippen molar-refractivity contribution in [1.82, 2.24) is 15.1 Å². The Morgan fingerprint density at radius 1 is 0.933 bits per heavy atom. The van der Waals surface area contributed by atoms with E-state index >= 15 is 0 Å². The van der Waals surface area contributed by atoms with Crippen LogP contribution >= 0.6 is 23.2 Å². The number of hydrogen-bond acceptors (Lipinski definition) is 2. The van der Waals surface area contributed by atoms with Gasteiger partial charge in [0.1, 0.15) is 5.69 Å². The summed E-state index contributed by atoms with van der Waals surface area (Å²) in [5, 5.41) is 8.85. The Morgan fingerprint density at radius 2 is 1.67 bits per heavy atom. The van der Waals surface area contributed by atoms with Gasteiger partial charge in [-0.1, -0.05) is 77.8 Å². The molecule has 0 aliphatic rings. The van der Waals surface area contributed by atoms with Gasteiger partial charge in [0.05, 0.1) is 22.4 Å². The fourth-order valence-corrected chi connectivity index (χ4v) is 3.66. The van der Waals surface area contributed by atoms with E-state index in [1.54, 1.807) is 28.9 Å². The molecule has 0 spiro atoms. The maximum Gasteiger partial charge on any atom is 0.270 e. The maximum atomic E-state index is 13.2. The largest absolute Gasteiger partial charge is 0.344 e. The lowest BCUT2D eigenvalue weighted by molar-refractivity contribution is 0.0932. The first-order valence-electron chi connectivity index (χ1n) is 9.49. The third kappa shape index (κ3) is 4.25. The third-order valence-electron chi connectivity index (χ3n) is 4.79. The lowest BCUT2D eigenvalue weighted by Gasteiger charge is -2.15. The number of carbonyl (C=O) groups is 1. The Hall–Kier alpha value is -3.08. The van der Waals surface area contributed by atoms with Crippen LogP contribution in [0.25, 0.3) is 16.9 Å². The molecular formula is C24H19Cl2N3O. The van der Waals surface area contributed by atoms with Gasteiger partial charge in [-0.2, -0.15) is 5.10 Å². The first-order valence-corrected chi connectivity index (χ1v) is 10.3. The highest BCUT2D eigenvalue weighted by atomic mass is 35.5. The molecule has 4 nitrogen and oxygen atoms in total. The van der Waals surface area contributed by atoms with Crippen LogP contribution in [0.4, 0.5) is 0 Å². The zero-order chi connectivity index (χ0) is 21.1. The van der Waals surface area contributed by atoms with Crippen LogP contribution in [0.3, 0.4) is 0 Å². The first-order chi connectivity index (χ1) is 14.5. The van der Waals surface area contributed by atoms with Gasteiger partial charge in [-0.25, -0.2) is 4.68 Å². The van der Waals surface area contributed by atoms with Crippen LogP contribution < -0.4 is 5.32 Å². The molecule has 1 atom stereocenters. The summed E-state index contributed by atoms with van der Waals surface area (Å²) in [6.45, 7) is 1.95. The molecule has 6 heteroatoms. The van der Waals surface area contributed by atoms with Crippen molar-refractivity contribution in [2.75, 3.05) is 0 Å². The molecule has 1 heterocycles. The monoisotopic (exact) mass is 435 g/mol. The fraction of sp³-hybridized carbons (Fsp3) is 0.0833. The van der Waals surface area contributed by atoms with Crippen LogP contribution in [0.2, 0.25) is 10.0 Å². The Kier molecular flexibility index (Phi) is 5.88. The number of nitrogens with zero attached hydrogens (tertiary/aromatic N) is 2. The van der Waals surface area contributed by atoms with Gasteiger partial charge in [0, 0.05) is 10.6 Å². The number of carbonyl (C=O) groups excluding carboxylic acids is 1. The highest BCUT2D eigenvalue weighted by Crippen LogP contribution is 2.29. The van der Waals surface area contributed by atoms with Crippen LogP contribution in [-0.4, -0.2) is 15.7 Å². The number of benzene rings is 3. The molecule has 3 aromatic carbocycles. The number of amides is 1. The normalized spacial score (nSPS) is 11.8. The zero-order valence-electron chi connectivity index (χ0n) is 16.2. The van der Waals surface area contributed by atoms with Gasteiger partial charge in [-0.15, -0.1) is 0 Å². The van der Waals surface area contributed by atoms with Crippen LogP contribution in [0.15, 0.2) is 84.9 Å². The minimum absolute atomic E-state index is 0.162. The quantitative estimate of drug-likeness (QED) is 0.397. The summed E-state index contributed by atoms with van der Waals surface area (Å²) in [6.07, 6.45) is 0. The number of hydrogen-bond donors (Lipinski definition) is 1. The van der Waals surface area contributed by atoms with E-state index < -0.39 is 0 Å². The van der Waals surface area contributed by atoms with Gasteiger partial charge in [0.25, 0.3) is 5.91 Å². The van der Waals surface area contributed by atoms with Crippen LogP contribution in [0, 0.1) is 0 Å². The molecule has 150 valence electrons. The zero-order valence-corrected chi connectivity index (χ0v) is 17.7. The minimum Gasteiger partial charge on any atom is -0.344 e. The molecule has 1 unspecified atom stereocenters. The Bertz CT molecular complexity index is 1190. The van der Waals surface area contributed by atoms with Gasteiger partial charge in [-0.05, 0) is 42.8 Å². The number of rotatable bonds is 5. The average Bonchev–Trinajstić information content (AvgIpc) is 3.20. The third-order valence-corrected chi connectivity index (χ3v) is 5.36. The molecule has 1 amide bonds. The highest BCUT2D eigenvalue weighted by molar-refractivity contribution is 6.33. The minimum atomic E-state index is -0.239. The molecule has 1 aromatic heterocycles. The summed E-state index contributed by atoms with van der Waals surface area (Å²) < 4.78 is 1.59. The summed E-state index contributed by atoms with van der Waals surface area (Å²) >= 11 is 12.5. The molecule has 4 aromatic rings. The van der Waals surface area contributed by atoms with Crippen molar-refractivity contribution in [3.63, 3.8) is 0 Å². The molecule has 0 saturated heterocycles. The number of nitrogens with one attached hydrogen (secondary N) is 1. The lowest BCUT2D eigenvalue weighted by Crippen LogP contribution is -2.28. The summed E-state index contributed by atoms with van der Waals surface area (Å²) in [7, 11) is 0. The number of aromatic nitrogens is 2. The van der Waals surface area contributed by atoms with E-state index in [1.807, 2.05) is 67.6 Å². The smallest absolute Gasteiger partial charge is 0.270 e. The van der Waals surface area contributed by atoms with Crippen molar-refractivity contribution in [2.45, 2.75) is 13.0 Å². The standard InChI is InChI=1S/C24H19Cl2N3O/c1-16(17-8-3-2-4-9-17)27-24(30)23-15-22(20-12-5-6-13-21(20)26)28-29(23)19-11-7-10-18(25)14-19/h2-16H,1H3,(H,27,30). The molecule has 0 bridgehead atoms. The van der Waals surface area contributed by atoms with E-state index in [9.17, 15) is 4.79 Å². The van der Waals surface area contributed by atoms with Crippen molar-refractivity contribution < 1.29 is 4.79 Å². The molecule has 0 saturated carbocycles. The van der Waals surface area contributed by atoms with Crippen molar-refractivity contribution >= 4 is 29.1 Å². The van der Waals surface area contributed by atoms with Gasteiger partial charge in [0.15, 0.2) is 0 Å². The van der Waals surface area contributed by atoms with Crippen LogP contribution in [0.1, 0.15) is 29.0 Å². The van der Waals surface area contributed by atoms with E-state index in [2.05, 4.69) is 10.4 Å². The lowest BCUT2D eigenvalue weighted by atomic mass is 10.1. The molecule has 30 heavy (non-hydrogen) atoms. The summed E-state index contributed by atoms with van der Waals surface area (Å²) in [5.41, 5.74) is 3.47. The summed E-state index contributed by atoms with van der Waals surface area (Å²) in [6, 6.07) is 26.0. The highest BCUT2D eigenvalue weighted by Gasteiger charge is 2.20. The molecule has 0 aliphatic carbocycles. The van der Waals surface area contributed by atoms with Crippen LogP contribution in [0.5, 0.6) is 0 Å². The van der Waals surface area contributed by atoms with E-state index in [1.165, 1.54) is 0 Å². The SMILES string of the molecule is CC(NC(=O)c1cc(-c2ccccc2Cl)nn1-c1cccc(Cl)c1)c1ccccc1. The average molecular weight is 436 g/mol. The molecule has 0 aliphatic heterocycles. The van der Waals surface area contributed by atoms with E-state index in [4.69, 9.17) is 23.2 Å². The van der Waals surface area contributed by atoms with Crippen molar-refractivity contribution in [3.05, 3.63) is 106 Å². The van der Waals surface area contributed by atoms with E-state index in [-0.39, 0.29) is 11.9 Å². The van der Waals surface area contributed by atoms with E-state index in [0.717, 1.165) is 11.1 Å². The van der Waals surface area contributed by atoms with Crippen molar-refractivity contribution in [3.8, 4) is 16.9 Å². The predicted octanol–water partition coefficient (Wildman–Crippen LogP) is 6.34. The van der Waals surface area contributed by atoms with Crippen molar-refractivity contribution in [2.24, 2.45) is 0 Å². The fourth-order valence-electron chi connectivity index (χ4n) is 3.24. The maximum absolute atomic E-state index is 13.2. The summed E-state index contributed by atoms with van der Waals surface area (Å²) in [5.74, 6) is -0.239. The molecule has 0 radical (unpaired) electrons. The van der Waals surface area contributed by atoms with Crippen molar-refractivity contribution in [1.29, 1.82) is 0 Å². The Labute approximate surface area is 185 Å². The summed E-state index contributed by atoms with van der Waals surface area (Å²) in [4.78, 5) is 13.2. The second-order valence-electron chi connectivity index (χ2n) is 6.89. The van der Waals surface area contributed by atoms with Gasteiger partial charge >= 0.3 is 0 Å². The Morgan fingerprint density at radius 3 is 2.40 bits per heavy atom. The molecule has 4 rings (SSSR count). The second-order valence-corrected chi connectivity index (χ2v) is 7.74. The molecule has 0 fully saturated rings. The van der Waals surface area contributed by atoms with Gasteiger partial charge in [-0.3, -0.25) is 4.79 Å². The molecular weight excluding hydrogens is 417 g/mol. The predicted molar refractivity (Wildman–Crippen MR) is 121 cm³/mol.